The number of nitrogens with one attached hydrogen (secondary N) is 1. The molecule has 1 heterocycles. The van der Waals surface area contributed by atoms with Crippen molar-refractivity contribution >= 4 is 35.3 Å². The predicted molar refractivity (Wildman–Crippen MR) is 101 cm³/mol. The van der Waals surface area contributed by atoms with Crippen molar-refractivity contribution in [2.45, 2.75) is 38.6 Å². The molecule has 8 heteroatoms. The molecule has 0 spiro atoms. The van der Waals surface area contributed by atoms with E-state index in [4.69, 9.17) is 16.3 Å². The maximum Gasteiger partial charge on any atom is 0.308 e. The van der Waals surface area contributed by atoms with Gasteiger partial charge in [-0.15, -0.1) is 0 Å². The zero-order chi connectivity index (χ0) is 20.1. The number of fused-ring (bicyclic) bond motifs is 1. The van der Waals surface area contributed by atoms with Crippen LogP contribution in [0.4, 0.5) is 0 Å². The first-order valence-electron chi connectivity index (χ1n) is 9.48. The molecule has 1 aromatic rings. The number of amides is 3. The summed E-state index contributed by atoms with van der Waals surface area (Å²) in [6.07, 6.45) is 3.27. The fourth-order valence-corrected chi connectivity index (χ4v) is 3.96. The van der Waals surface area contributed by atoms with Gasteiger partial charge >= 0.3 is 5.97 Å². The molecule has 1 aliphatic carbocycles. The lowest BCUT2D eigenvalue weighted by Crippen LogP contribution is -2.34. The molecule has 1 aliphatic heterocycles. The number of carbonyl (C=O) groups excluding carboxylic acids is 4. The van der Waals surface area contributed by atoms with Crippen molar-refractivity contribution in [3.63, 3.8) is 0 Å². The first-order chi connectivity index (χ1) is 13.5. The molecule has 3 amide bonds. The van der Waals surface area contributed by atoms with Gasteiger partial charge in [0.2, 0.25) is 11.8 Å². The molecule has 0 aromatic heterocycles. The van der Waals surface area contributed by atoms with E-state index in [1.807, 2.05) is 6.07 Å². The lowest BCUT2D eigenvalue weighted by atomic mass is 9.81. The Morgan fingerprint density at radius 2 is 1.75 bits per heavy atom. The normalized spacial score (nSPS) is 21.4. The summed E-state index contributed by atoms with van der Waals surface area (Å²) >= 11 is 6.01. The molecule has 2 atom stereocenters. The minimum absolute atomic E-state index is 0.00470. The molecule has 1 N–H and O–H groups in total. The van der Waals surface area contributed by atoms with E-state index < -0.39 is 18.5 Å². The molecular formula is C20H23ClN2O5. The van der Waals surface area contributed by atoms with Crippen LogP contribution in [0, 0.1) is 11.8 Å². The largest absolute Gasteiger partial charge is 0.456 e. The van der Waals surface area contributed by atoms with Crippen LogP contribution in [0.25, 0.3) is 0 Å². The van der Waals surface area contributed by atoms with Gasteiger partial charge in [-0.3, -0.25) is 24.1 Å². The van der Waals surface area contributed by atoms with Crippen LogP contribution in [0.5, 0.6) is 0 Å². The van der Waals surface area contributed by atoms with Crippen LogP contribution in [0.1, 0.15) is 37.7 Å². The number of hydrogen-bond acceptors (Lipinski definition) is 5. The molecule has 28 heavy (non-hydrogen) atoms. The van der Waals surface area contributed by atoms with E-state index in [0.717, 1.165) is 31.2 Å². The number of imide groups is 1. The monoisotopic (exact) mass is 406 g/mol. The number of halogens is 1. The third-order valence-corrected chi connectivity index (χ3v) is 5.64. The average molecular weight is 407 g/mol. The highest BCUT2D eigenvalue weighted by molar-refractivity contribution is 6.31. The van der Waals surface area contributed by atoms with Crippen LogP contribution in [0.2, 0.25) is 5.02 Å². The van der Waals surface area contributed by atoms with Gasteiger partial charge in [0, 0.05) is 18.1 Å². The van der Waals surface area contributed by atoms with Crippen LogP contribution in [-0.2, 0) is 30.5 Å². The lowest BCUT2D eigenvalue weighted by molar-refractivity contribution is -0.150. The number of benzene rings is 1. The fourth-order valence-electron chi connectivity index (χ4n) is 3.76. The van der Waals surface area contributed by atoms with Gasteiger partial charge in [-0.25, -0.2) is 0 Å². The smallest absolute Gasteiger partial charge is 0.308 e. The summed E-state index contributed by atoms with van der Waals surface area (Å²) in [5.74, 6) is -1.89. The topological polar surface area (TPSA) is 92.8 Å². The third kappa shape index (κ3) is 4.70. The van der Waals surface area contributed by atoms with Crippen molar-refractivity contribution in [3.8, 4) is 0 Å². The fraction of sp³-hybridized carbons (Fsp3) is 0.500. The number of hydrogen-bond donors (Lipinski definition) is 1. The van der Waals surface area contributed by atoms with Gasteiger partial charge in [0.15, 0.2) is 6.61 Å². The van der Waals surface area contributed by atoms with Crippen molar-refractivity contribution in [1.82, 2.24) is 10.2 Å². The number of carbonyl (C=O) groups is 4. The standard InChI is InChI=1S/C20H23ClN2O5/c21-16-8-4-1-5-13(16)11-22-17(24)12-28-18(25)9-10-23-19(26)14-6-2-3-7-15(14)20(23)27/h1,4-5,8,14-15H,2-3,6-7,9-12H2,(H,22,24)/t14-,15+. The lowest BCUT2D eigenvalue weighted by Gasteiger charge is -2.19. The van der Waals surface area contributed by atoms with Gasteiger partial charge in [0.1, 0.15) is 0 Å². The molecule has 7 nitrogen and oxygen atoms in total. The van der Waals surface area contributed by atoms with Crippen molar-refractivity contribution in [1.29, 1.82) is 0 Å². The summed E-state index contributed by atoms with van der Waals surface area (Å²) in [7, 11) is 0. The van der Waals surface area contributed by atoms with Gasteiger partial charge in [-0.05, 0) is 24.5 Å². The number of nitrogens with zero attached hydrogens (tertiary/aromatic N) is 1. The number of esters is 1. The number of rotatable bonds is 7. The Labute approximate surface area is 168 Å². The molecule has 150 valence electrons. The Morgan fingerprint density at radius 1 is 1.11 bits per heavy atom. The van der Waals surface area contributed by atoms with Gasteiger partial charge in [0.05, 0.1) is 18.3 Å². The Hall–Kier alpha value is -2.41. The SMILES string of the molecule is O=C(COC(=O)CCN1C(=O)[C@H]2CCCC[C@H]2C1=O)NCc1ccccc1Cl. The second-order valence-electron chi connectivity index (χ2n) is 7.10. The maximum absolute atomic E-state index is 12.4. The van der Waals surface area contributed by atoms with E-state index in [1.165, 1.54) is 4.90 Å². The van der Waals surface area contributed by atoms with E-state index in [0.29, 0.717) is 5.02 Å². The Bertz CT molecular complexity index is 758. The molecule has 2 fully saturated rings. The Kier molecular flexibility index (Phi) is 6.67. The van der Waals surface area contributed by atoms with Gasteiger partial charge in [-0.2, -0.15) is 0 Å². The van der Waals surface area contributed by atoms with E-state index in [2.05, 4.69) is 5.32 Å². The van der Waals surface area contributed by atoms with Gasteiger partial charge in [0.25, 0.3) is 5.91 Å². The van der Waals surface area contributed by atoms with Crippen molar-refractivity contribution in [2.75, 3.05) is 13.2 Å². The predicted octanol–water partition coefficient (Wildman–Crippen LogP) is 2.06. The van der Waals surface area contributed by atoms with Crippen LogP contribution >= 0.6 is 11.6 Å². The molecule has 1 saturated heterocycles. The van der Waals surface area contributed by atoms with Crippen LogP contribution in [0.3, 0.4) is 0 Å². The molecule has 3 rings (SSSR count). The molecular weight excluding hydrogens is 384 g/mol. The molecule has 2 aliphatic rings. The van der Waals surface area contributed by atoms with Crippen molar-refractivity contribution in [3.05, 3.63) is 34.9 Å². The highest BCUT2D eigenvalue weighted by Crippen LogP contribution is 2.37. The molecule has 0 unspecified atom stereocenters. The highest BCUT2D eigenvalue weighted by atomic mass is 35.5. The van der Waals surface area contributed by atoms with Gasteiger partial charge in [-0.1, -0.05) is 42.6 Å². The van der Waals surface area contributed by atoms with Gasteiger partial charge < -0.3 is 10.1 Å². The summed E-state index contributed by atoms with van der Waals surface area (Å²) in [5.41, 5.74) is 0.761. The maximum atomic E-state index is 12.4. The zero-order valence-electron chi connectivity index (χ0n) is 15.5. The molecule has 0 radical (unpaired) electrons. The minimum atomic E-state index is -0.622. The van der Waals surface area contributed by atoms with E-state index in [-0.39, 0.29) is 43.2 Å². The first kappa shape index (κ1) is 20.3. The average Bonchev–Trinajstić information content (AvgIpc) is 2.94. The summed E-state index contributed by atoms with van der Waals surface area (Å²) in [5, 5.41) is 3.16. The summed E-state index contributed by atoms with van der Waals surface area (Å²) in [4.78, 5) is 49.6. The zero-order valence-corrected chi connectivity index (χ0v) is 16.2. The number of ether oxygens (including phenoxy) is 1. The van der Waals surface area contributed by atoms with Crippen molar-refractivity contribution < 1.29 is 23.9 Å². The van der Waals surface area contributed by atoms with E-state index in [9.17, 15) is 19.2 Å². The Morgan fingerprint density at radius 3 is 2.39 bits per heavy atom. The van der Waals surface area contributed by atoms with Crippen molar-refractivity contribution in [2.24, 2.45) is 11.8 Å². The minimum Gasteiger partial charge on any atom is -0.456 e. The Balaban J connectivity index is 1.38. The molecule has 0 bridgehead atoms. The van der Waals surface area contributed by atoms with Crippen LogP contribution < -0.4 is 5.32 Å². The summed E-state index contributed by atoms with van der Waals surface area (Å²) < 4.78 is 4.94. The second kappa shape index (κ2) is 9.19. The van der Waals surface area contributed by atoms with Crippen LogP contribution in [-0.4, -0.2) is 41.7 Å². The molecule has 1 saturated carbocycles. The first-order valence-corrected chi connectivity index (χ1v) is 9.86. The summed E-state index contributed by atoms with van der Waals surface area (Å²) in [6, 6.07) is 7.11. The third-order valence-electron chi connectivity index (χ3n) is 5.27. The van der Waals surface area contributed by atoms with E-state index >= 15 is 0 Å². The number of likely N-dealkylation sites (tertiary alicyclic amines) is 1. The second-order valence-corrected chi connectivity index (χ2v) is 7.51. The quantitative estimate of drug-likeness (QED) is 0.552. The highest BCUT2D eigenvalue weighted by Gasteiger charge is 2.47. The van der Waals surface area contributed by atoms with Crippen LogP contribution in [0.15, 0.2) is 24.3 Å². The van der Waals surface area contributed by atoms with E-state index in [1.54, 1.807) is 18.2 Å². The summed E-state index contributed by atoms with van der Waals surface area (Å²) in [6.45, 7) is -0.184. The molecule has 1 aromatic carbocycles.